The summed E-state index contributed by atoms with van der Waals surface area (Å²) >= 11 is 0. The van der Waals surface area contributed by atoms with E-state index in [-0.39, 0.29) is 5.92 Å². The van der Waals surface area contributed by atoms with Gasteiger partial charge in [0.05, 0.1) is 6.10 Å². The van der Waals surface area contributed by atoms with Gasteiger partial charge in [-0.2, -0.15) is 0 Å². The van der Waals surface area contributed by atoms with Crippen molar-refractivity contribution in [1.82, 2.24) is 0 Å². The van der Waals surface area contributed by atoms with Crippen molar-refractivity contribution in [2.24, 2.45) is 29.6 Å². The lowest BCUT2D eigenvalue weighted by atomic mass is 9.76. The molecule has 2 N–H and O–H groups in total. The Morgan fingerprint density at radius 3 is 1.84 bits per heavy atom. The number of methoxy groups -OCH3 is 1. The number of benzene rings is 2. The Bertz CT molecular complexity index is 950. The van der Waals surface area contributed by atoms with E-state index in [4.69, 9.17) is 4.74 Å². The molecule has 0 radical (unpaired) electrons. The van der Waals surface area contributed by atoms with Crippen LogP contribution in [0.15, 0.2) is 24.3 Å². The molecule has 3 nitrogen and oxygen atoms in total. The predicted molar refractivity (Wildman–Crippen MR) is 124 cm³/mol. The second-order valence-electron chi connectivity index (χ2n) is 10.7. The quantitative estimate of drug-likeness (QED) is 0.623. The summed E-state index contributed by atoms with van der Waals surface area (Å²) in [6, 6.07) is 8.38. The molecule has 3 aliphatic rings. The van der Waals surface area contributed by atoms with Crippen LogP contribution in [0.5, 0.6) is 11.5 Å². The molecule has 3 aliphatic carbocycles. The number of aryl methyl sites for hydroxylation is 4. The van der Waals surface area contributed by atoms with E-state index < -0.39 is 0 Å². The molecule has 3 fully saturated rings. The lowest BCUT2D eigenvalue weighted by Gasteiger charge is -2.30. The van der Waals surface area contributed by atoms with Crippen molar-refractivity contribution in [3.8, 4) is 11.5 Å². The molecular formula is C28H36O3. The Kier molecular flexibility index (Phi) is 5.08. The van der Waals surface area contributed by atoms with Gasteiger partial charge in [0, 0.05) is 24.2 Å². The van der Waals surface area contributed by atoms with Crippen LogP contribution in [0, 0.1) is 57.3 Å². The SMILES string of the molecule is COC1CC2CC1C1CC(C(c3cc(C)cc(C)c3O)c3cc(C)cc(C)c3O)CC21. The highest BCUT2D eigenvalue weighted by molar-refractivity contribution is 5.54. The zero-order valence-electron chi connectivity index (χ0n) is 19.5. The first kappa shape index (κ1) is 20.9. The average molecular weight is 421 g/mol. The van der Waals surface area contributed by atoms with Crippen molar-refractivity contribution in [3.63, 3.8) is 0 Å². The van der Waals surface area contributed by atoms with E-state index in [0.717, 1.165) is 57.6 Å². The van der Waals surface area contributed by atoms with Crippen molar-refractivity contribution in [1.29, 1.82) is 0 Å². The van der Waals surface area contributed by atoms with Crippen LogP contribution in [0.1, 0.15) is 65.0 Å². The highest BCUT2D eigenvalue weighted by Crippen LogP contribution is 2.63. The van der Waals surface area contributed by atoms with Gasteiger partial charge in [-0.15, -0.1) is 0 Å². The molecule has 6 unspecified atom stereocenters. The van der Waals surface area contributed by atoms with Gasteiger partial charge >= 0.3 is 0 Å². The minimum absolute atomic E-state index is 0.0168. The van der Waals surface area contributed by atoms with Crippen LogP contribution in [-0.4, -0.2) is 23.4 Å². The van der Waals surface area contributed by atoms with Gasteiger partial charge in [0.2, 0.25) is 0 Å². The van der Waals surface area contributed by atoms with E-state index in [1.165, 1.54) is 19.3 Å². The smallest absolute Gasteiger partial charge is 0.122 e. The summed E-state index contributed by atoms with van der Waals surface area (Å²) in [5.74, 6) is 4.19. The predicted octanol–water partition coefficient (Wildman–Crippen LogP) is 6.16. The van der Waals surface area contributed by atoms with Gasteiger partial charge in [0.25, 0.3) is 0 Å². The van der Waals surface area contributed by atoms with Crippen molar-refractivity contribution in [2.75, 3.05) is 7.11 Å². The standard InChI is InChI=1S/C28H36O3/c1-14-6-16(3)27(29)23(8-14)26(24-9-15(2)7-17(4)28(24)30)19-11-20-18-10-22(21(20)12-19)25(13-18)31-5/h6-9,18-22,25-26,29-30H,10-13H2,1-5H3. The van der Waals surface area contributed by atoms with Crippen LogP contribution in [0.3, 0.4) is 0 Å². The molecule has 31 heavy (non-hydrogen) atoms. The third-order valence-corrected chi connectivity index (χ3v) is 8.84. The highest BCUT2D eigenvalue weighted by atomic mass is 16.5. The van der Waals surface area contributed by atoms with E-state index in [9.17, 15) is 10.2 Å². The van der Waals surface area contributed by atoms with E-state index in [2.05, 4.69) is 26.0 Å². The summed E-state index contributed by atoms with van der Waals surface area (Å²) in [5, 5.41) is 22.3. The summed E-state index contributed by atoms with van der Waals surface area (Å²) in [7, 11) is 1.87. The zero-order chi connectivity index (χ0) is 22.0. The summed E-state index contributed by atoms with van der Waals surface area (Å²) in [6.07, 6.45) is 5.31. The molecule has 5 rings (SSSR count). The third kappa shape index (κ3) is 3.28. The summed E-state index contributed by atoms with van der Waals surface area (Å²) in [5.41, 5.74) is 6.13. The Morgan fingerprint density at radius 2 is 1.29 bits per heavy atom. The summed E-state index contributed by atoms with van der Waals surface area (Å²) in [6.45, 7) is 8.16. The molecular weight excluding hydrogens is 384 g/mol. The number of hydrogen-bond acceptors (Lipinski definition) is 3. The minimum Gasteiger partial charge on any atom is -0.507 e. The third-order valence-electron chi connectivity index (χ3n) is 8.84. The van der Waals surface area contributed by atoms with Crippen molar-refractivity contribution in [2.45, 2.75) is 65.4 Å². The fraction of sp³-hybridized carbons (Fsp3) is 0.571. The van der Waals surface area contributed by atoms with Gasteiger partial charge in [-0.25, -0.2) is 0 Å². The molecule has 0 saturated heterocycles. The Morgan fingerprint density at radius 1 is 0.742 bits per heavy atom. The van der Waals surface area contributed by atoms with Crippen molar-refractivity contribution < 1.29 is 14.9 Å². The normalized spacial score (nSPS) is 31.5. The van der Waals surface area contributed by atoms with Gasteiger partial charge in [-0.1, -0.05) is 35.4 Å². The number of rotatable bonds is 4. The molecule has 0 amide bonds. The molecule has 3 heteroatoms. The monoisotopic (exact) mass is 420 g/mol. The molecule has 0 aromatic heterocycles. The van der Waals surface area contributed by atoms with E-state index in [1.54, 1.807) is 0 Å². The van der Waals surface area contributed by atoms with E-state index in [1.807, 2.05) is 33.1 Å². The topological polar surface area (TPSA) is 49.7 Å². The van der Waals surface area contributed by atoms with E-state index >= 15 is 0 Å². The van der Waals surface area contributed by atoms with Crippen LogP contribution in [0.2, 0.25) is 0 Å². The van der Waals surface area contributed by atoms with Gasteiger partial charge in [0.1, 0.15) is 11.5 Å². The lowest BCUT2D eigenvalue weighted by Crippen LogP contribution is -2.29. The van der Waals surface area contributed by atoms with Crippen molar-refractivity contribution >= 4 is 0 Å². The first-order valence-corrected chi connectivity index (χ1v) is 11.9. The first-order valence-electron chi connectivity index (χ1n) is 11.9. The number of hydrogen-bond donors (Lipinski definition) is 2. The molecule has 0 heterocycles. The Hall–Kier alpha value is -2.00. The number of fused-ring (bicyclic) bond motifs is 5. The maximum atomic E-state index is 11.1. The molecule has 6 atom stereocenters. The number of ether oxygens (including phenoxy) is 1. The molecule has 166 valence electrons. The fourth-order valence-corrected chi connectivity index (χ4v) is 7.73. The van der Waals surface area contributed by atoms with Crippen molar-refractivity contribution in [3.05, 3.63) is 57.6 Å². The Balaban J connectivity index is 1.60. The lowest BCUT2D eigenvalue weighted by molar-refractivity contribution is 0.0222. The van der Waals surface area contributed by atoms with Crippen LogP contribution in [0.4, 0.5) is 0 Å². The van der Waals surface area contributed by atoms with Gasteiger partial charge < -0.3 is 14.9 Å². The molecule has 2 aromatic carbocycles. The van der Waals surface area contributed by atoms with Gasteiger partial charge in [-0.05, 0) is 94.1 Å². The highest BCUT2D eigenvalue weighted by Gasteiger charge is 2.57. The first-order chi connectivity index (χ1) is 14.8. The molecule has 0 spiro atoms. The van der Waals surface area contributed by atoms with Crippen LogP contribution in [0.25, 0.3) is 0 Å². The number of phenols is 2. The largest absolute Gasteiger partial charge is 0.507 e. The average Bonchev–Trinajstić information content (AvgIpc) is 3.40. The summed E-state index contributed by atoms with van der Waals surface area (Å²) in [4.78, 5) is 0. The van der Waals surface area contributed by atoms with Crippen LogP contribution < -0.4 is 0 Å². The molecule has 2 bridgehead atoms. The zero-order valence-corrected chi connectivity index (χ0v) is 19.5. The van der Waals surface area contributed by atoms with Crippen LogP contribution in [-0.2, 0) is 4.74 Å². The number of aromatic hydroxyl groups is 2. The fourth-order valence-electron chi connectivity index (χ4n) is 7.73. The van der Waals surface area contributed by atoms with E-state index in [0.29, 0.717) is 29.4 Å². The second kappa shape index (κ2) is 7.55. The van der Waals surface area contributed by atoms with Gasteiger partial charge in [-0.3, -0.25) is 0 Å². The molecule has 0 aliphatic heterocycles. The summed E-state index contributed by atoms with van der Waals surface area (Å²) < 4.78 is 5.84. The van der Waals surface area contributed by atoms with Crippen LogP contribution >= 0.6 is 0 Å². The molecule has 2 aromatic rings. The maximum Gasteiger partial charge on any atom is 0.122 e. The minimum atomic E-state index is 0.0168. The molecule has 3 saturated carbocycles. The second-order valence-corrected chi connectivity index (χ2v) is 10.7. The number of phenolic OH excluding ortho intramolecular Hbond substituents is 2. The van der Waals surface area contributed by atoms with Gasteiger partial charge in [0.15, 0.2) is 0 Å². The Labute approximate surface area is 186 Å². The maximum absolute atomic E-state index is 11.1.